The van der Waals surface area contributed by atoms with Crippen LogP contribution >= 0.6 is 11.6 Å². The maximum atomic E-state index is 14.1. The number of halogens is 2. The molecule has 4 nitrogen and oxygen atoms in total. The Bertz CT molecular complexity index is 841. The fraction of sp³-hybridized carbons (Fsp3) is 0.391. The molecule has 0 aliphatic heterocycles. The summed E-state index contributed by atoms with van der Waals surface area (Å²) in [5, 5.41) is 3.43. The van der Waals surface area contributed by atoms with E-state index >= 15 is 0 Å². The molecule has 1 atom stereocenters. The van der Waals surface area contributed by atoms with Crippen LogP contribution in [-0.2, 0) is 22.6 Å². The van der Waals surface area contributed by atoms with Gasteiger partial charge in [-0.25, -0.2) is 4.39 Å². The second kappa shape index (κ2) is 11.0. The minimum Gasteiger partial charge on any atom is -0.354 e. The van der Waals surface area contributed by atoms with E-state index in [1.807, 2.05) is 39.0 Å². The van der Waals surface area contributed by atoms with E-state index in [0.717, 1.165) is 5.56 Å². The lowest BCUT2D eigenvalue weighted by Gasteiger charge is -2.31. The van der Waals surface area contributed by atoms with Crippen molar-refractivity contribution in [1.29, 1.82) is 0 Å². The number of rotatable bonds is 9. The number of hydrogen-bond acceptors (Lipinski definition) is 2. The first kappa shape index (κ1) is 22.9. The van der Waals surface area contributed by atoms with Crippen molar-refractivity contribution in [3.8, 4) is 0 Å². The van der Waals surface area contributed by atoms with Gasteiger partial charge >= 0.3 is 0 Å². The molecule has 0 saturated heterocycles. The predicted octanol–water partition coefficient (Wildman–Crippen LogP) is 4.60. The smallest absolute Gasteiger partial charge is 0.242 e. The first-order valence-corrected chi connectivity index (χ1v) is 10.2. The predicted molar refractivity (Wildman–Crippen MR) is 114 cm³/mol. The summed E-state index contributed by atoms with van der Waals surface area (Å²) >= 11 is 6.29. The second-order valence-electron chi connectivity index (χ2n) is 7.44. The van der Waals surface area contributed by atoms with E-state index in [1.54, 1.807) is 24.3 Å². The molecule has 0 aliphatic rings. The van der Waals surface area contributed by atoms with Crippen molar-refractivity contribution in [2.75, 3.05) is 6.54 Å². The molecule has 0 aliphatic carbocycles. The number of hydrogen-bond donors (Lipinski definition) is 1. The molecule has 0 aromatic heterocycles. The van der Waals surface area contributed by atoms with E-state index in [2.05, 4.69) is 5.32 Å². The summed E-state index contributed by atoms with van der Waals surface area (Å²) < 4.78 is 14.1. The number of benzene rings is 2. The van der Waals surface area contributed by atoms with Crippen molar-refractivity contribution in [1.82, 2.24) is 10.2 Å². The third-order valence-corrected chi connectivity index (χ3v) is 5.04. The lowest BCUT2D eigenvalue weighted by Crippen LogP contribution is -2.50. The Hall–Kier alpha value is -2.40. The SMILES string of the molecule is CC[C@@H](C(=O)NCC(C)C)N(Cc1ccccc1Cl)C(=O)Cc1ccccc1F. The lowest BCUT2D eigenvalue weighted by atomic mass is 10.1. The zero-order valence-corrected chi connectivity index (χ0v) is 17.9. The highest BCUT2D eigenvalue weighted by molar-refractivity contribution is 6.31. The molecule has 0 radical (unpaired) electrons. The van der Waals surface area contributed by atoms with Crippen LogP contribution in [0.3, 0.4) is 0 Å². The average Bonchev–Trinajstić information content (AvgIpc) is 2.69. The summed E-state index contributed by atoms with van der Waals surface area (Å²) in [6.07, 6.45) is 0.322. The van der Waals surface area contributed by atoms with Crippen LogP contribution in [0.15, 0.2) is 48.5 Å². The first-order chi connectivity index (χ1) is 13.8. The fourth-order valence-electron chi connectivity index (χ4n) is 3.06. The van der Waals surface area contributed by atoms with E-state index in [-0.39, 0.29) is 24.8 Å². The van der Waals surface area contributed by atoms with Gasteiger partial charge in [0.25, 0.3) is 0 Å². The molecule has 0 heterocycles. The summed E-state index contributed by atoms with van der Waals surface area (Å²) in [7, 11) is 0. The average molecular weight is 419 g/mol. The van der Waals surface area contributed by atoms with Crippen molar-refractivity contribution in [2.24, 2.45) is 5.92 Å². The van der Waals surface area contributed by atoms with Crippen LogP contribution in [0.4, 0.5) is 4.39 Å². The van der Waals surface area contributed by atoms with Gasteiger partial charge in [0.1, 0.15) is 11.9 Å². The minimum atomic E-state index is -0.663. The van der Waals surface area contributed by atoms with Crippen LogP contribution in [0.1, 0.15) is 38.3 Å². The first-order valence-electron chi connectivity index (χ1n) is 9.87. The second-order valence-corrected chi connectivity index (χ2v) is 7.85. The van der Waals surface area contributed by atoms with Crippen LogP contribution < -0.4 is 5.32 Å². The molecule has 29 heavy (non-hydrogen) atoms. The summed E-state index contributed by atoms with van der Waals surface area (Å²) in [5.41, 5.74) is 1.05. The summed E-state index contributed by atoms with van der Waals surface area (Å²) in [6.45, 7) is 6.57. The van der Waals surface area contributed by atoms with Gasteiger partial charge in [-0.1, -0.05) is 68.8 Å². The van der Waals surface area contributed by atoms with Gasteiger partial charge in [0.2, 0.25) is 11.8 Å². The van der Waals surface area contributed by atoms with Crippen LogP contribution in [0.2, 0.25) is 5.02 Å². The van der Waals surface area contributed by atoms with E-state index < -0.39 is 11.9 Å². The number of carbonyl (C=O) groups is 2. The molecule has 0 saturated carbocycles. The highest BCUT2D eigenvalue weighted by Crippen LogP contribution is 2.21. The van der Waals surface area contributed by atoms with Gasteiger partial charge < -0.3 is 10.2 Å². The van der Waals surface area contributed by atoms with Crippen LogP contribution in [0.5, 0.6) is 0 Å². The molecular formula is C23H28ClFN2O2. The molecule has 6 heteroatoms. The number of nitrogens with one attached hydrogen (secondary N) is 1. The molecule has 2 amide bonds. The van der Waals surface area contributed by atoms with Crippen molar-refractivity contribution in [2.45, 2.75) is 46.2 Å². The van der Waals surface area contributed by atoms with E-state index in [1.165, 1.54) is 11.0 Å². The van der Waals surface area contributed by atoms with E-state index in [0.29, 0.717) is 29.5 Å². The standard InChI is InChI=1S/C23H28ClFN2O2/c1-4-21(23(29)26-14-16(2)3)27(15-18-10-5-7-11-19(18)24)22(28)13-17-9-6-8-12-20(17)25/h5-12,16,21H,4,13-15H2,1-3H3,(H,26,29)/t21-/m0/s1. The van der Waals surface area contributed by atoms with Crippen molar-refractivity contribution in [3.63, 3.8) is 0 Å². The number of amides is 2. The highest BCUT2D eigenvalue weighted by atomic mass is 35.5. The Balaban J connectivity index is 2.30. The molecule has 0 bridgehead atoms. The minimum absolute atomic E-state index is 0.120. The van der Waals surface area contributed by atoms with Crippen molar-refractivity contribution < 1.29 is 14.0 Å². The summed E-state index contributed by atoms with van der Waals surface area (Å²) in [6, 6.07) is 12.7. The topological polar surface area (TPSA) is 49.4 Å². The van der Waals surface area contributed by atoms with Gasteiger partial charge in [0, 0.05) is 18.1 Å². The largest absolute Gasteiger partial charge is 0.354 e. The van der Waals surface area contributed by atoms with Gasteiger partial charge in [-0.2, -0.15) is 0 Å². The van der Waals surface area contributed by atoms with Crippen LogP contribution in [-0.4, -0.2) is 29.3 Å². The van der Waals surface area contributed by atoms with Crippen molar-refractivity contribution in [3.05, 3.63) is 70.5 Å². The van der Waals surface area contributed by atoms with E-state index in [4.69, 9.17) is 11.6 Å². The van der Waals surface area contributed by atoms with Gasteiger partial charge in [0.15, 0.2) is 0 Å². The number of carbonyl (C=O) groups excluding carboxylic acids is 2. The zero-order chi connectivity index (χ0) is 21.4. The van der Waals surface area contributed by atoms with Crippen LogP contribution in [0.25, 0.3) is 0 Å². The summed E-state index contributed by atoms with van der Waals surface area (Å²) in [5.74, 6) is -0.671. The lowest BCUT2D eigenvalue weighted by molar-refractivity contribution is -0.141. The number of nitrogens with zero attached hydrogens (tertiary/aromatic N) is 1. The molecular weight excluding hydrogens is 391 g/mol. The molecule has 2 rings (SSSR count). The third-order valence-electron chi connectivity index (χ3n) is 4.67. The van der Waals surface area contributed by atoms with Gasteiger partial charge in [0.05, 0.1) is 6.42 Å². The molecule has 156 valence electrons. The summed E-state index contributed by atoms with van der Waals surface area (Å²) in [4.78, 5) is 27.5. The molecule has 1 N–H and O–H groups in total. The Morgan fingerprint density at radius 3 is 2.28 bits per heavy atom. The van der Waals surface area contributed by atoms with Gasteiger partial charge in [-0.15, -0.1) is 0 Å². The maximum absolute atomic E-state index is 14.1. The highest BCUT2D eigenvalue weighted by Gasteiger charge is 2.29. The third kappa shape index (κ3) is 6.57. The molecule has 2 aromatic rings. The zero-order valence-electron chi connectivity index (χ0n) is 17.1. The van der Waals surface area contributed by atoms with Crippen LogP contribution in [0, 0.1) is 11.7 Å². The Labute approximate surface area is 177 Å². The quantitative estimate of drug-likeness (QED) is 0.646. The monoisotopic (exact) mass is 418 g/mol. The Morgan fingerprint density at radius 2 is 1.69 bits per heavy atom. The Morgan fingerprint density at radius 1 is 1.07 bits per heavy atom. The van der Waals surface area contributed by atoms with Gasteiger partial charge in [-0.05, 0) is 35.6 Å². The van der Waals surface area contributed by atoms with Gasteiger partial charge in [-0.3, -0.25) is 9.59 Å². The fourth-order valence-corrected chi connectivity index (χ4v) is 3.25. The molecule has 0 spiro atoms. The van der Waals surface area contributed by atoms with E-state index in [9.17, 15) is 14.0 Å². The molecule has 2 aromatic carbocycles. The normalized spacial score (nSPS) is 11.9. The molecule has 0 unspecified atom stereocenters. The van der Waals surface area contributed by atoms with Crippen molar-refractivity contribution >= 4 is 23.4 Å². The maximum Gasteiger partial charge on any atom is 0.242 e. The Kier molecular flexibility index (Phi) is 8.65. The molecule has 0 fully saturated rings.